The van der Waals surface area contributed by atoms with E-state index in [0.29, 0.717) is 11.3 Å². The lowest BCUT2D eigenvalue weighted by molar-refractivity contribution is 0.411. The van der Waals surface area contributed by atoms with Gasteiger partial charge in [-0.3, -0.25) is 15.1 Å². The number of halogens is 1. The van der Waals surface area contributed by atoms with Gasteiger partial charge in [-0.25, -0.2) is 4.39 Å². The van der Waals surface area contributed by atoms with Crippen molar-refractivity contribution in [1.82, 2.24) is 25.1 Å². The van der Waals surface area contributed by atoms with E-state index in [1.54, 1.807) is 24.7 Å². The lowest BCUT2D eigenvalue weighted by atomic mass is 10.0. The third-order valence-corrected chi connectivity index (χ3v) is 6.13. The average molecular weight is 449 g/mol. The summed E-state index contributed by atoms with van der Waals surface area (Å²) < 4.78 is 19.4. The van der Waals surface area contributed by atoms with Gasteiger partial charge in [-0.05, 0) is 60.0 Å². The highest BCUT2D eigenvalue weighted by Gasteiger charge is 2.16. The number of nitrogens with one attached hydrogen (secondary N) is 2. The Hall–Kier alpha value is -4.52. The Bertz CT molecular complexity index is 1680. The molecule has 34 heavy (non-hydrogen) atoms. The third-order valence-electron chi connectivity index (χ3n) is 6.13. The topological polar surface area (TPSA) is 79.5 Å². The van der Waals surface area contributed by atoms with Crippen LogP contribution in [0.1, 0.15) is 5.56 Å². The smallest absolute Gasteiger partial charge is 0.127 e. The van der Waals surface area contributed by atoms with Crippen LogP contribution in [0.5, 0.6) is 5.75 Å². The molecule has 0 saturated heterocycles. The molecule has 6 rings (SSSR count). The van der Waals surface area contributed by atoms with Crippen molar-refractivity contribution in [3.8, 4) is 39.4 Å². The quantitative estimate of drug-likeness (QED) is 0.331. The number of benzene rings is 2. The van der Waals surface area contributed by atoms with Crippen LogP contribution in [-0.2, 0) is 0 Å². The molecule has 0 aliphatic heterocycles. The summed E-state index contributed by atoms with van der Waals surface area (Å²) in [6, 6.07) is 14.9. The fraction of sp³-hybridized carbons (Fsp3) is 0.0741. The highest BCUT2D eigenvalue weighted by Crippen LogP contribution is 2.36. The minimum Gasteiger partial charge on any atom is -0.497 e. The molecular weight excluding hydrogens is 429 g/mol. The van der Waals surface area contributed by atoms with E-state index >= 15 is 0 Å². The molecule has 0 radical (unpaired) electrons. The van der Waals surface area contributed by atoms with Crippen molar-refractivity contribution in [3.05, 3.63) is 84.7 Å². The zero-order chi connectivity index (χ0) is 23.2. The number of hydrogen-bond donors (Lipinski definition) is 2. The van der Waals surface area contributed by atoms with E-state index < -0.39 is 0 Å². The number of aromatic nitrogens is 5. The molecule has 0 fully saturated rings. The first kappa shape index (κ1) is 20.1. The van der Waals surface area contributed by atoms with Crippen molar-refractivity contribution in [2.75, 3.05) is 7.11 Å². The van der Waals surface area contributed by atoms with Crippen LogP contribution in [-0.4, -0.2) is 32.3 Å². The van der Waals surface area contributed by atoms with Crippen LogP contribution in [0.3, 0.4) is 0 Å². The van der Waals surface area contributed by atoms with Crippen LogP contribution in [0.15, 0.2) is 73.3 Å². The number of ether oxygens (including phenoxy) is 1. The van der Waals surface area contributed by atoms with E-state index in [1.807, 2.05) is 24.4 Å². The third kappa shape index (κ3) is 3.29. The van der Waals surface area contributed by atoms with Gasteiger partial charge < -0.3 is 9.72 Å². The van der Waals surface area contributed by atoms with Gasteiger partial charge in [0.25, 0.3) is 0 Å². The van der Waals surface area contributed by atoms with Crippen LogP contribution < -0.4 is 4.74 Å². The van der Waals surface area contributed by atoms with Crippen LogP contribution >= 0.6 is 0 Å². The lowest BCUT2D eigenvalue weighted by Gasteiger charge is -2.06. The standard InChI is InChI=1S/C27H20FN5O/c1-15-5-6-29-12-22(15)16-3-4-24-21(9-16)27(33-32-24)25-11-20-23(13-30-14-26(20)31-25)17-7-18(28)10-19(8-17)34-2/h3-14,31H,1-2H3,(H,32,33). The van der Waals surface area contributed by atoms with Crippen LogP contribution in [0, 0.1) is 12.7 Å². The van der Waals surface area contributed by atoms with Crippen molar-refractivity contribution >= 4 is 21.8 Å². The summed E-state index contributed by atoms with van der Waals surface area (Å²) in [6.07, 6.45) is 7.17. The predicted molar refractivity (Wildman–Crippen MR) is 131 cm³/mol. The van der Waals surface area contributed by atoms with Crippen molar-refractivity contribution in [3.63, 3.8) is 0 Å². The van der Waals surface area contributed by atoms with Gasteiger partial charge in [0.05, 0.1) is 30.0 Å². The van der Waals surface area contributed by atoms with Gasteiger partial charge in [-0.1, -0.05) is 6.07 Å². The van der Waals surface area contributed by atoms with Gasteiger partial charge in [-0.2, -0.15) is 5.10 Å². The van der Waals surface area contributed by atoms with Gasteiger partial charge in [0.2, 0.25) is 0 Å². The number of hydrogen-bond acceptors (Lipinski definition) is 4. The molecule has 0 bridgehead atoms. The van der Waals surface area contributed by atoms with Crippen LogP contribution in [0.4, 0.5) is 4.39 Å². The highest BCUT2D eigenvalue weighted by molar-refractivity contribution is 6.01. The highest BCUT2D eigenvalue weighted by atomic mass is 19.1. The Morgan fingerprint density at radius 3 is 2.56 bits per heavy atom. The van der Waals surface area contributed by atoms with E-state index in [4.69, 9.17) is 4.74 Å². The first-order valence-corrected chi connectivity index (χ1v) is 10.8. The molecule has 4 heterocycles. The number of fused-ring (bicyclic) bond motifs is 2. The zero-order valence-corrected chi connectivity index (χ0v) is 18.6. The predicted octanol–water partition coefficient (Wildman–Crippen LogP) is 6.29. The molecule has 0 spiro atoms. The molecule has 0 amide bonds. The number of nitrogens with zero attached hydrogens (tertiary/aromatic N) is 3. The Labute approximate surface area is 194 Å². The van der Waals surface area contributed by atoms with Crippen LogP contribution in [0.2, 0.25) is 0 Å². The molecule has 2 aromatic carbocycles. The van der Waals surface area contributed by atoms with E-state index in [1.165, 1.54) is 19.2 Å². The number of methoxy groups -OCH3 is 1. The van der Waals surface area contributed by atoms with Crippen molar-refractivity contribution in [2.45, 2.75) is 6.92 Å². The minimum absolute atomic E-state index is 0.362. The summed E-state index contributed by atoms with van der Waals surface area (Å²) in [7, 11) is 1.52. The van der Waals surface area contributed by atoms with Gasteiger partial charge >= 0.3 is 0 Å². The number of aromatic amines is 2. The zero-order valence-electron chi connectivity index (χ0n) is 18.6. The first-order valence-electron chi connectivity index (χ1n) is 10.8. The van der Waals surface area contributed by atoms with Crippen molar-refractivity contribution in [2.24, 2.45) is 0 Å². The lowest BCUT2D eigenvalue weighted by Crippen LogP contribution is -1.88. The summed E-state index contributed by atoms with van der Waals surface area (Å²) in [6.45, 7) is 2.07. The maximum atomic E-state index is 14.2. The van der Waals surface area contributed by atoms with Crippen molar-refractivity contribution < 1.29 is 9.13 Å². The second-order valence-electron chi connectivity index (χ2n) is 8.23. The second-order valence-corrected chi connectivity index (χ2v) is 8.23. The Kier molecular flexibility index (Phi) is 4.62. The minimum atomic E-state index is -0.362. The maximum Gasteiger partial charge on any atom is 0.127 e. The average Bonchev–Trinajstić information content (AvgIpc) is 3.47. The number of rotatable bonds is 4. The largest absolute Gasteiger partial charge is 0.497 e. The van der Waals surface area contributed by atoms with Crippen LogP contribution in [0.25, 0.3) is 55.4 Å². The normalized spacial score (nSPS) is 11.4. The van der Waals surface area contributed by atoms with E-state index in [0.717, 1.165) is 55.4 Å². The number of pyridine rings is 2. The maximum absolute atomic E-state index is 14.2. The van der Waals surface area contributed by atoms with Gasteiger partial charge in [-0.15, -0.1) is 0 Å². The monoisotopic (exact) mass is 449 g/mol. The molecule has 0 aliphatic carbocycles. The molecule has 7 heteroatoms. The molecule has 0 saturated carbocycles. The second kappa shape index (κ2) is 7.81. The van der Waals surface area contributed by atoms with E-state index in [9.17, 15) is 4.39 Å². The molecule has 166 valence electrons. The SMILES string of the molecule is COc1cc(F)cc(-c2cncc3[nH]c(-c4n[nH]c5ccc(-c6cnccc6C)cc45)cc23)c1. The van der Waals surface area contributed by atoms with Crippen molar-refractivity contribution in [1.29, 1.82) is 0 Å². The Morgan fingerprint density at radius 1 is 0.824 bits per heavy atom. The summed E-state index contributed by atoms with van der Waals surface area (Å²) in [5.74, 6) is 0.0953. The van der Waals surface area contributed by atoms with E-state index in [-0.39, 0.29) is 5.82 Å². The molecule has 2 N–H and O–H groups in total. The summed E-state index contributed by atoms with van der Waals surface area (Å²) >= 11 is 0. The molecular formula is C27H20FN5O. The fourth-order valence-corrected chi connectivity index (χ4v) is 4.40. The van der Waals surface area contributed by atoms with Gasteiger partial charge in [0.15, 0.2) is 0 Å². The first-order chi connectivity index (χ1) is 16.6. The number of H-pyrrole nitrogens is 2. The molecule has 0 aliphatic rings. The fourth-order valence-electron chi connectivity index (χ4n) is 4.40. The summed E-state index contributed by atoms with van der Waals surface area (Å²) in [5, 5.41) is 9.63. The van der Waals surface area contributed by atoms with E-state index in [2.05, 4.69) is 44.2 Å². The molecule has 0 atom stereocenters. The molecule has 0 unspecified atom stereocenters. The Morgan fingerprint density at radius 2 is 1.71 bits per heavy atom. The number of aryl methyl sites for hydroxylation is 1. The van der Waals surface area contributed by atoms with Gasteiger partial charge in [0, 0.05) is 46.6 Å². The molecule has 6 aromatic rings. The van der Waals surface area contributed by atoms with Gasteiger partial charge in [0.1, 0.15) is 17.3 Å². The summed E-state index contributed by atoms with van der Waals surface area (Å²) in [5.41, 5.74) is 8.25. The Balaban J connectivity index is 1.51. The molecule has 6 nitrogen and oxygen atoms in total. The summed E-state index contributed by atoms with van der Waals surface area (Å²) in [4.78, 5) is 12.1. The molecule has 4 aromatic heterocycles.